The van der Waals surface area contributed by atoms with Crippen molar-refractivity contribution in [1.82, 2.24) is 20.0 Å². The van der Waals surface area contributed by atoms with Gasteiger partial charge in [-0.3, -0.25) is 9.78 Å². The van der Waals surface area contributed by atoms with Gasteiger partial charge in [0.2, 0.25) is 0 Å². The molecule has 2 heterocycles. The first kappa shape index (κ1) is 11.7. The van der Waals surface area contributed by atoms with Crippen LogP contribution < -0.4 is 5.32 Å². The van der Waals surface area contributed by atoms with Crippen LogP contribution in [-0.4, -0.2) is 20.0 Å². The van der Waals surface area contributed by atoms with Crippen LogP contribution in [0.4, 0.5) is 5.69 Å². The molecule has 5 nitrogen and oxygen atoms in total. The zero-order valence-electron chi connectivity index (χ0n) is 10.8. The predicted octanol–water partition coefficient (Wildman–Crippen LogP) is 2.42. The van der Waals surface area contributed by atoms with Crippen molar-refractivity contribution in [2.45, 2.75) is 40.3 Å². The summed E-state index contributed by atoms with van der Waals surface area (Å²) in [5, 5.41) is 14.7. The molecule has 1 atom stereocenters. The molecule has 0 bridgehead atoms. The Morgan fingerprint density at radius 3 is 2.76 bits per heavy atom. The second-order valence-electron chi connectivity index (χ2n) is 4.25. The zero-order valence-corrected chi connectivity index (χ0v) is 10.8. The summed E-state index contributed by atoms with van der Waals surface area (Å²) in [6.07, 6.45) is 3.64. The van der Waals surface area contributed by atoms with E-state index in [-0.39, 0.29) is 6.04 Å². The summed E-state index contributed by atoms with van der Waals surface area (Å²) in [5.74, 6) is 0. The first-order valence-electron chi connectivity index (χ1n) is 5.92. The highest BCUT2D eigenvalue weighted by atomic mass is 15.3. The van der Waals surface area contributed by atoms with Gasteiger partial charge in [-0.05, 0) is 27.7 Å². The number of hydrogen-bond donors (Lipinski definition) is 2. The van der Waals surface area contributed by atoms with Crippen molar-refractivity contribution in [3.63, 3.8) is 0 Å². The smallest absolute Gasteiger partial charge is 0.0728 e. The number of anilines is 1. The molecule has 0 aliphatic carbocycles. The van der Waals surface area contributed by atoms with Gasteiger partial charge < -0.3 is 5.32 Å². The van der Waals surface area contributed by atoms with Crippen LogP contribution >= 0.6 is 0 Å². The number of rotatable bonds is 4. The van der Waals surface area contributed by atoms with Crippen molar-refractivity contribution < 1.29 is 0 Å². The fourth-order valence-electron chi connectivity index (χ4n) is 2.30. The van der Waals surface area contributed by atoms with Gasteiger partial charge in [0, 0.05) is 24.0 Å². The fraction of sp³-hybridized carbons (Fsp3) is 0.500. The lowest BCUT2D eigenvalue weighted by Crippen LogP contribution is -2.08. The van der Waals surface area contributed by atoms with Crippen LogP contribution in [0.3, 0.4) is 0 Å². The van der Waals surface area contributed by atoms with Gasteiger partial charge in [-0.25, -0.2) is 0 Å². The molecule has 5 heteroatoms. The molecule has 17 heavy (non-hydrogen) atoms. The monoisotopic (exact) mass is 233 g/mol. The maximum Gasteiger partial charge on any atom is 0.0728 e. The molecular weight excluding hydrogens is 214 g/mol. The van der Waals surface area contributed by atoms with E-state index in [4.69, 9.17) is 0 Å². The van der Waals surface area contributed by atoms with Crippen molar-refractivity contribution in [2.24, 2.45) is 0 Å². The van der Waals surface area contributed by atoms with E-state index in [9.17, 15) is 0 Å². The lowest BCUT2D eigenvalue weighted by atomic mass is 10.1. The predicted molar refractivity (Wildman–Crippen MR) is 68.0 cm³/mol. The van der Waals surface area contributed by atoms with Gasteiger partial charge in [-0.15, -0.1) is 0 Å². The van der Waals surface area contributed by atoms with E-state index in [1.54, 1.807) is 6.20 Å². The Hall–Kier alpha value is -1.78. The summed E-state index contributed by atoms with van der Waals surface area (Å²) in [4.78, 5) is 0. The first-order chi connectivity index (χ1) is 8.13. The normalized spacial score (nSPS) is 12.7. The molecule has 0 amide bonds. The molecular formula is C12H19N5. The molecule has 0 spiro atoms. The summed E-state index contributed by atoms with van der Waals surface area (Å²) in [7, 11) is 0. The van der Waals surface area contributed by atoms with Crippen LogP contribution in [0.15, 0.2) is 12.4 Å². The number of hydrogen-bond acceptors (Lipinski definition) is 3. The number of aromatic nitrogens is 4. The number of nitrogens with one attached hydrogen (secondary N) is 2. The molecule has 2 N–H and O–H groups in total. The molecule has 0 radical (unpaired) electrons. The first-order valence-corrected chi connectivity index (χ1v) is 5.92. The Morgan fingerprint density at radius 2 is 2.24 bits per heavy atom. The summed E-state index contributed by atoms with van der Waals surface area (Å²) >= 11 is 0. The molecule has 0 aliphatic heterocycles. The molecule has 2 aromatic heterocycles. The van der Waals surface area contributed by atoms with Crippen molar-refractivity contribution in [2.75, 3.05) is 5.32 Å². The van der Waals surface area contributed by atoms with E-state index in [1.165, 1.54) is 11.3 Å². The van der Waals surface area contributed by atoms with Gasteiger partial charge in [-0.2, -0.15) is 10.2 Å². The average molecular weight is 233 g/mol. The summed E-state index contributed by atoms with van der Waals surface area (Å²) in [6.45, 7) is 9.33. The third-order valence-electron chi connectivity index (χ3n) is 3.05. The number of aromatic amines is 1. The Kier molecular flexibility index (Phi) is 3.17. The minimum absolute atomic E-state index is 0.230. The van der Waals surface area contributed by atoms with Crippen LogP contribution in [0.2, 0.25) is 0 Å². The van der Waals surface area contributed by atoms with Crippen molar-refractivity contribution >= 4 is 5.69 Å². The lowest BCUT2D eigenvalue weighted by molar-refractivity contribution is 0.632. The van der Waals surface area contributed by atoms with Crippen molar-refractivity contribution in [3.8, 4) is 0 Å². The van der Waals surface area contributed by atoms with Crippen LogP contribution in [0.25, 0.3) is 0 Å². The molecule has 0 saturated heterocycles. The molecule has 0 aliphatic rings. The fourth-order valence-corrected chi connectivity index (χ4v) is 2.30. The second-order valence-corrected chi connectivity index (χ2v) is 4.25. The van der Waals surface area contributed by atoms with Gasteiger partial charge in [0.25, 0.3) is 0 Å². The third-order valence-corrected chi connectivity index (χ3v) is 3.05. The lowest BCUT2D eigenvalue weighted by Gasteiger charge is -2.14. The van der Waals surface area contributed by atoms with E-state index in [0.717, 1.165) is 17.9 Å². The zero-order chi connectivity index (χ0) is 12.4. The number of nitrogens with zero attached hydrogens (tertiary/aromatic N) is 3. The van der Waals surface area contributed by atoms with E-state index >= 15 is 0 Å². The Bertz CT molecular complexity index is 483. The highest BCUT2D eigenvalue weighted by molar-refractivity contribution is 5.42. The Morgan fingerprint density at radius 1 is 1.47 bits per heavy atom. The number of aryl methyl sites for hydroxylation is 2. The largest absolute Gasteiger partial charge is 0.376 e. The molecule has 92 valence electrons. The average Bonchev–Trinajstić information content (AvgIpc) is 2.87. The molecule has 0 saturated carbocycles. The summed E-state index contributed by atoms with van der Waals surface area (Å²) in [5.41, 5.74) is 4.59. The minimum atomic E-state index is 0.230. The Balaban J connectivity index is 2.24. The van der Waals surface area contributed by atoms with Crippen molar-refractivity contribution in [1.29, 1.82) is 0 Å². The van der Waals surface area contributed by atoms with Crippen LogP contribution in [0.1, 0.15) is 36.8 Å². The molecule has 2 rings (SSSR count). The van der Waals surface area contributed by atoms with Gasteiger partial charge in [0.05, 0.1) is 23.6 Å². The highest BCUT2D eigenvalue weighted by Gasteiger charge is 2.16. The molecule has 0 aromatic carbocycles. The SMILES string of the molecule is CCn1nc(C)c(C(C)Nc2cn[nH]c2)c1C. The summed E-state index contributed by atoms with van der Waals surface area (Å²) < 4.78 is 2.04. The van der Waals surface area contributed by atoms with Gasteiger partial charge >= 0.3 is 0 Å². The van der Waals surface area contributed by atoms with E-state index in [2.05, 4.69) is 48.3 Å². The molecule has 2 aromatic rings. The van der Waals surface area contributed by atoms with E-state index in [1.807, 2.05) is 10.9 Å². The minimum Gasteiger partial charge on any atom is -0.376 e. The number of H-pyrrole nitrogens is 1. The van der Waals surface area contributed by atoms with Crippen LogP contribution in [-0.2, 0) is 6.54 Å². The third kappa shape index (κ3) is 2.18. The second kappa shape index (κ2) is 4.61. The van der Waals surface area contributed by atoms with Gasteiger partial charge in [-0.1, -0.05) is 0 Å². The maximum atomic E-state index is 4.53. The highest BCUT2D eigenvalue weighted by Crippen LogP contribution is 2.24. The maximum absolute atomic E-state index is 4.53. The van der Waals surface area contributed by atoms with Gasteiger partial charge in [0.1, 0.15) is 0 Å². The van der Waals surface area contributed by atoms with Gasteiger partial charge in [0.15, 0.2) is 0 Å². The molecule has 0 fully saturated rings. The van der Waals surface area contributed by atoms with E-state index < -0.39 is 0 Å². The topological polar surface area (TPSA) is 58.5 Å². The quantitative estimate of drug-likeness (QED) is 0.852. The van der Waals surface area contributed by atoms with Crippen LogP contribution in [0, 0.1) is 13.8 Å². The van der Waals surface area contributed by atoms with Crippen LogP contribution in [0.5, 0.6) is 0 Å². The van der Waals surface area contributed by atoms with E-state index in [0.29, 0.717) is 0 Å². The molecule has 1 unspecified atom stereocenters. The van der Waals surface area contributed by atoms with Crippen molar-refractivity contribution in [3.05, 3.63) is 29.3 Å². The summed E-state index contributed by atoms with van der Waals surface area (Å²) in [6, 6.07) is 0.230. The Labute approximate surface area is 101 Å². The standard InChI is InChI=1S/C12H19N5/c1-5-17-10(4)12(9(3)16-17)8(2)15-11-6-13-14-7-11/h6-8,15H,5H2,1-4H3,(H,13,14).